The lowest BCUT2D eigenvalue weighted by molar-refractivity contribution is 0.0917. The summed E-state index contributed by atoms with van der Waals surface area (Å²) in [6, 6.07) is 4.89. The van der Waals surface area contributed by atoms with Crippen molar-refractivity contribution in [1.82, 2.24) is 5.32 Å². The first-order chi connectivity index (χ1) is 10.1. The Kier molecular flexibility index (Phi) is 5.34. The predicted octanol–water partition coefficient (Wildman–Crippen LogP) is 3.32. The lowest BCUT2D eigenvalue weighted by atomic mass is 9.75. The highest BCUT2D eigenvalue weighted by Crippen LogP contribution is 2.37. The van der Waals surface area contributed by atoms with Crippen LogP contribution in [0.3, 0.4) is 0 Å². The van der Waals surface area contributed by atoms with E-state index in [1.807, 2.05) is 0 Å². The second-order valence-corrected chi connectivity index (χ2v) is 6.00. The van der Waals surface area contributed by atoms with Crippen LogP contribution in [-0.4, -0.2) is 30.5 Å². The Balaban J connectivity index is 2.04. The van der Waals surface area contributed by atoms with Crippen molar-refractivity contribution in [1.29, 1.82) is 0 Å². The summed E-state index contributed by atoms with van der Waals surface area (Å²) in [7, 11) is 1.46. The zero-order valence-corrected chi connectivity index (χ0v) is 13.1. The van der Waals surface area contributed by atoms with Crippen molar-refractivity contribution in [3.63, 3.8) is 0 Å². The number of phenolic OH excluding ortho intramolecular Hbond substituents is 1. The van der Waals surface area contributed by atoms with Gasteiger partial charge in [-0.3, -0.25) is 4.79 Å². The highest BCUT2D eigenvalue weighted by Gasteiger charge is 2.31. The van der Waals surface area contributed by atoms with Gasteiger partial charge in [0.2, 0.25) is 0 Å². The summed E-state index contributed by atoms with van der Waals surface area (Å²) in [6.45, 7) is 0.548. The molecule has 116 valence electrons. The molecule has 0 saturated heterocycles. The van der Waals surface area contributed by atoms with Gasteiger partial charge in [0.25, 0.3) is 5.91 Å². The number of rotatable bonds is 5. The van der Waals surface area contributed by atoms with Gasteiger partial charge >= 0.3 is 0 Å². The number of ether oxygens (including phenoxy) is 1. The lowest BCUT2D eigenvalue weighted by Crippen LogP contribution is -2.40. The normalized spacial score (nSPS) is 17.2. The molecular weight excluding hydrogens is 290 g/mol. The Labute approximate surface area is 130 Å². The number of amides is 1. The fraction of sp³-hybridized carbons (Fsp3) is 0.562. The van der Waals surface area contributed by atoms with E-state index in [2.05, 4.69) is 5.32 Å². The van der Waals surface area contributed by atoms with E-state index in [0.717, 1.165) is 25.7 Å². The summed E-state index contributed by atoms with van der Waals surface area (Å²) >= 11 is 6.12. The molecule has 1 fully saturated rings. The van der Waals surface area contributed by atoms with E-state index in [1.165, 1.54) is 13.5 Å². The number of halogens is 1. The fourth-order valence-electron chi connectivity index (χ4n) is 2.89. The molecule has 0 bridgehead atoms. The van der Waals surface area contributed by atoms with Gasteiger partial charge in [-0.2, -0.15) is 0 Å². The zero-order valence-electron chi connectivity index (χ0n) is 12.3. The molecule has 1 aromatic carbocycles. The van der Waals surface area contributed by atoms with Crippen LogP contribution < -0.4 is 10.1 Å². The number of carbonyl (C=O) groups is 1. The van der Waals surface area contributed by atoms with E-state index in [4.69, 9.17) is 16.3 Å². The summed E-state index contributed by atoms with van der Waals surface area (Å²) in [5.41, 5.74) is 0.221. The molecule has 1 aliphatic carbocycles. The van der Waals surface area contributed by atoms with Crippen molar-refractivity contribution in [2.24, 2.45) is 5.41 Å². The Hall–Kier alpha value is -1.42. The monoisotopic (exact) mass is 311 g/mol. The van der Waals surface area contributed by atoms with Crippen molar-refractivity contribution < 1.29 is 14.6 Å². The molecule has 21 heavy (non-hydrogen) atoms. The van der Waals surface area contributed by atoms with Gasteiger partial charge in [-0.1, -0.05) is 25.3 Å². The Morgan fingerprint density at radius 3 is 2.71 bits per heavy atom. The molecule has 4 nitrogen and oxygen atoms in total. The van der Waals surface area contributed by atoms with Crippen LogP contribution in [0.5, 0.6) is 11.5 Å². The zero-order chi connectivity index (χ0) is 15.3. The summed E-state index contributed by atoms with van der Waals surface area (Å²) < 4.78 is 5.02. The second-order valence-electron chi connectivity index (χ2n) is 5.73. The first-order valence-electron chi connectivity index (χ1n) is 7.32. The van der Waals surface area contributed by atoms with E-state index in [1.54, 1.807) is 18.2 Å². The molecule has 2 rings (SSSR count). The molecule has 1 amide bonds. The van der Waals surface area contributed by atoms with Gasteiger partial charge in [-0.15, -0.1) is 11.6 Å². The molecule has 0 atom stereocenters. The maximum atomic E-state index is 12.3. The third-order valence-corrected chi connectivity index (χ3v) is 4.85. The van der Waals surface area contributed by atoms with E-state index >= 15 is 0 Å². The molecule has 0 aromatic heterocycles. The van der Waals surface area contributed by atoms with Gasteiger partial charge in [0.15, 0.2) is 11.5 Å². The fourth-order valence-corrected chi connectivity index (χ4v) is 3.25. The van der Waals surface area contributed by atoms with Gasteiger partial charge in [-0.05, 0) is 25.0 Å². The highest BCUT2D eigenvalue weighted by molar-refractivity contribution is 6.18. The largest absolute Gasteiger partial charge is 0.504 e. The van der Waals surface area contributed by atoms with Gasteiger partial charge in [0.05, 0.1) is 12.7 Å². The van der Waals surface area contributed by atoms with Crippen molar-refractivity contribution in [2.45, 2.75) is 32.1 Å². The number of methoxy groups -OCH3 is 1. The number of hydrogen-bond donors (Lipinski definition) is 2. The Bertz CT molecular complexity index is 498. The first-order valence-corrected chi connectivity index (χ1v) is 7.85. The minimum absolute atomic E-state index is 0.00997. The molecule has 5 heteroatoms. The standard InChI is InChI=1S/C16H22ClNO3/c1-21-13-7-5-6-12(14(13)19)15(20)18-11-16(10-17)8-3-2-4-9-16/h5-7,19H,2-4,8-11H2,1H3,(H,18,20). The molecule has 1 aliphatic rings. The molecule has 0 spiro atoms. The van der Waals surface area contributed by atoms with E-state index < -0.39 is 0 Å². The van der Waals surface area contributed by atoms with Crippen LogP contribution in [0.25, 0.3) is 0 Å². The van der Waals surface area contributed by atoms with Crippen LogP contribution in [0.1, 0.15) is 42.5 Å². The van der Waals surface area contributed by atoms with Crippen LogP contribution in [0.15, 0.2) is 18.2 Å². The maximum absolute atomic E-state index is 12.3. The first kappa shape index (κ1) is 16.0. The molecule has 2 N–H and O–H groups in total. The molecule has 0 unspecified atom stereocenters. The molecule has 0 aliphatic heterocycles. The number of nitrogens with one attached hydrogen (secondary N) is 1. The molecular formula is C16H22ClNO3. The van der Waals surface area contributed by atoms with Gasteiger partial charge in [0.1, 0.15) is 0 Å². The number of alkyl halides is 1. The topological polar surface area (TPSA) is 58.6 Å². The van der Waals surface area contributed by atoms with Gasteiger partial charge in [-0.25, -0.2) is 0 Å². The molecule has 0 radical (unpaired) electrons. The smallest absolute Gasteiger partial charge is 0.255 e. The van der Waals surface area contributed by atoms with Crippen LogP contribution >= 0.6 is 11.6 Å². The van der Waals surface area contributed by atoms with Crippen LogP contribution in [0.4, 0.5) is 0 Å². The number of benzene rings is 1. The Morgan fingerprint density at radius 2 is 2.10 bits per heavy atom. The number of hydrogen-bond acceptors (Lipinski definition) is 3. The summed E-state index contributed by atoms with van der Waals surface area (Å²) in [5, 5.41) is 12.9. The van der Waals surface area contributed by atoms with E-state index in [0.29, 0.717) is 18.2 Å². The minimum atomic E-state index is -0.290. The average molecular weight is 312 g/mol. The van der Waals surface area contributed by atoms with E-state index in [-0.39, 0.29) is 22.6 Å². The predicted molar refractivity (Wildman–Crippen MR) is 83.2 cm³/mol. The van der Waals surface area contributed by atoms with Crippen molar-refractivity contribution >= 4 is 17.5 Å². The number of para-hydroxylation sites is 1. The molecule has 1 aromatic rings. The van der Waals surface area contributed by atoms with Crippen LogP contribution in [-0.2, 0) is 0 Å². The second kappa shape index (κ2) is 7.03. The van der Waals surface area contributed by atoms with Crippen molar-refractivity contribution in [3.8, 4) is 11.5 Å². The van der Waals surface area contributed by atoms with Gasteiger partial charge in [0, 0.05) is 17.8 Å². The minimum Gasteiger partial charge on any atom is -0.504 e. The van der Waals surface area contributed by atoms with Crippen LogP contribution in [0.2, 0.25) is 0 Å². The number of carbonyl (C=O) groups excluding carboxylic acids is 1. The third kappa shape index (κ3) is 3.62. The quantitative estimate of drug-likeness (QED) is 0.820. The SMILES string of the molecule is COc1cccc(C(=O)NCC2(CCl)CCCCC2)c1O. The molecule has 1 saturated carbocycles. The summed E-state index contributed by atoms with van der Waals surface area (Å²) in [4.78, 5) is 12.3. The summed E-state index contributed by atoms with van der Waals surface area (Å²) in [6.07, 6.45) is 5.64. The van der Waals surface area contributed by atoms with Crippen molar-refractivity contribution in [2.75, 3.05) is 19.5 Å². The average Bonchev–Trinajstić information content (AvgIpc) is 2.54. The highest BCUT2D eigenvalue weighted by atomic mass is 35.5. The summed E-state index contributed by atoms with van der Waals surface area (Å²) in [5.74, 6) is 0.437. The molecule has 0 heterocycles. The lowest BCUT2D eigenvalue weighted by Gasteiger charge is -2.35. The number of aromatic hydroxyl groups is 1. The van der Waals surface area contributed by atoms with Gasteiger partial charge < -0.3 is 15.2 Å². The number of phenols is 1. The third-order valence-electron chi connectivity index (χ3n) is 4.29. The van der Waals surface area contributed by atoms with E-state index in [9.17, 15) is 9.90 Å². The Morgan fingerprint density at radius 1 is 1.38 bits per heavy atom. The maximum Gasteiger partial charge on any atom is 0.255 e. The van der Waals surface area contributed by atoms with Crippen LogP contribution in [0, 0.1) is 5.41 Å². The van der Waals surface area contributed by atoms with Crippen molar-refractivity contribution in [3.05, 3.63) is 23.8 Å².